The molecule has 0 spiro atoms. The molecule has 0 aliphatic rings. The topological polar surface area (TPSA) is 69.6 Å². The summed E-state index contributed by atoms with van der Waals surface area (Å²) in [5.74, 6) is 0.442. The summed E-state index contributed by atoms with van der Waals surface area (Å²) in [7, 11) is 0. The maximum Gasteiger partial charge on any atom is 0.194 e. The Morgan fingerprint density at radius 2 is 2.00 bits per heavy atom. The zero-order valence-electron chi connectivity index (χ0n) is 6.85. The van der Waals surface area contributed by atoms with Gasteiger partial charge in [-0.25, -0.2) is 4.98 Å². The van der Waals surface area contributed by atoms with Crippen LogP contribution in [0, 0.1) is 0 Å². The summed E-state index contributed by atoms with van der Waals surface area (Å²) in [5, 5.41) is 8.23. The Kier molecular flexibility index (Phi) is 2.39. The second kappa shape index (κ2) is 3.55. The number of pyridine rings is 1. The summed E-state index contributed by atoms with van der Waals surface area (Å²) in [6.45, 7) is 0. The number of nitrogens with zero attached hydrogens (tertiary/aromatic N) is 4. The van der Waals surface area contributed by atoms with Gasteiger partial charge < -0.3 is 5.73 Å². The minimum absolute atomic E-state index is 0.405. The Morgan fingerprint density at radius 1 is 1.36 bits per heavy atom. The van der Waals surface area contributed by atoms with Crippen LogP contribution < -0.4 is 5.73 Å². The third-order valence-corrected chi connectivity index (χ3v) is 2.46. The lowest BCUT2D eigenvalue weighted by molar-refractivity contribution is 0.728. The molecular formula is C7H5BrClN5. The van der Waals surface area contributed by atoms with Crippen molar-refractivity contribution in [2.45, 2.75) is 0 Å². The highest BCUT2D eigenvalue weighted by Crippen LogP contribution is 2.25. The van der Waals surface area contributed by atoms with Gasteiger partial charge in [-0.1, -0.05) is 11.6 Å². The van der Waals surface area contributed by atoms with E-state index in [4.69, 9.17) is 17.3 Å². The number of halogens is 2. The SMILES string of the molecule is Nc1cc(Cl)c(-n2nccn2)nc1Br. The van der Waals surface area contributed by atoms with Crippen molar-refractivity contribution in [1.82, 2.24) is 20.0 Å². The standard InChI is InChI=1S/C7H5BrClN5/c8-6-5(10)3-4(9)7(13-6)14-11-1-2-12-14/h1-3H,10H2. The molecule has 0 amide bonds. The molecule has 0 aromatic carbocycles. The molecule has 0 saturated heterocycles. The van der Waals surface area contributed by atoms with Crippen LogP contribution in [0.4, 0.5) is 5.69 Å². The number of rotatable bonds is 1. The normalized spacial score (nSPS) is 10.4. The van der Waals surface area contributed by atoms with Gasteiger partial charge in [-0.15, -0.1) is 4.80 Å². The van der Waals surface area contributed by atoms with Gasteiger partial charge in [0, 0.05) is 0 Å². The molecule has 5 nitrogen and oxygen atoms in total. The number of anilines is 1. The molecule has 2 N–H and O–H groups in total. The highest BCUT2D eigenvalue weighted by molar-refractivity contribution is 9.10. The van der Waals surface area contributed by atoms with E-state index in [-0.39, 0.29) is 0 Å². The van der Waals surface area contributed by atoms with Gasteiger partial charge in [0.2, 0.25) is 0 Å². The van der Waals surface area contributed by atoms with Crippen LogP contribution in [-0.2, 0) is 0 Å². The van der Waals surface area contributed by atoms with Gasteiger partial charge in [0.05, 0.1) is 23.1 Å². The molecule has 0 aliphatic carbocycles. The van der Waals surface area contributed by atoms with Gasteiger partial charge in [0.15, 0.2) is 5.82 Å². The lowest BCUT2D eigenvalue weighted by atomic mass is 10.4. The third kappa shape index (κ3) is 1.58. The average Bonchev–Trinajstić information content (AvgIpc) is 2.64. The first kappa shape index (κ1) is 9.42. The molecule has 0 radical (unpaired) electrons. The van der Waals surface area contributed by atoms with Gasteiger partial charge in [0.1, 0.15) is 4.60 Å². The Bertz CT molecular complexity index is 455. The lowest BCUT2D eigenvalue weighted by Gasteiger charge is -2.04. The third-order valence-electron chi connectivity index (χ3n) is 1.55. The molecule has 2 heterocycles. The monoisotopic (exact) mass is 273 g/mol. The molecule has 0 aliphatic heterocycles. The largest absolute Gasteiger partial charge is 0.396 e. The number of hydrogen-bond acceptors (Lipinski definition) is 4. The highest BCUT2D eigenvalue weighted by atomic mass is 79.9. The zero-order chi connectivity index (χ0) is 10.1. The Morgan fingerprint density at radius 3 is 2.64 bits per heavy atom. The molecule has 0 bridgehead atoms. The van der Waals surface area contributed by atoms with E-state index in [1.165, 1.54) is 4.80 Å². The van der Waals surface area contributed by atoms with Gasteiger partial charge >= 0.3 is 0 Å². The molecule has 72 valence electrons. The van der Waals surface area contributed by atoms with Gasteiger partial charge in [-0.05, 0) is 22.0 Å². The Balaban J connectivity index is 2.60. The fourth-order valence-electron chi connectivity index (χ4n) is 0.937. The zero-order valence-corrected chi connectivity index (χ0v) is 9.20. The fourth-order valence-corrected chi connectivity index (χ4v) is 1.45. The second-order valence-corrected chi connectivity index (χ2v) is 3.65. The van der Waals surface area contributed by atoms with Crippen molar-refractivity contribution in [1.29, 1.82) is 0 Å². The Hall–Kier alpha value is -1.14. The summed E-state index contributed by atoms with van der Waals surface area (Å²) < 4.78 is 0.522. The summed E-state index contributed by atoms with van der Waals surface area (Å²) in [5.41, 5.74) is 6.08. The first-order chi connectivity index (χ1) is 6.68. The minimum atomic E-state index is 0.405. The molecule has 0 fully saturated rings. The van der Waals surface area contributed by atoms with Crippen LogP contribution in [0.3, 0.4) is 0 Å². The van der Waals surface area contributed by atoms with Crippen LogP contribution in [0.5, 0.6) is 0 Å². The molecule has 0 atom stereocenters. The predicted molar refractivity (Wildman–Crippen MR) is 56.3 cm³/mol. The van der Waals surface area contributed by atoms with Crippen LogP contribution in [0.25, 0.3) is 5.82 Å². The van der Waals surface area contributed by atoms with Crippen molar-refractivity contribution in [3.05, 3.63) is 28.1 Å². The van der Waals surface area contributed by atoms with Crippen LogP contribution >= 0.6 is 27.5 Å². The van der Waals surface area contributed by atoms with Crippen molar-refractivity contribution in [3.63, 3.8) is 0 Å². The molecule has 2 rings (SSSR count). The van der Waals surface area contributed by atoms with Crippen LogP contribution in [0.1, 0.15) is 0 Å². The number of aromatic nitrogens is 4. The van der Waals surface area contributed by atoms with Crippen LogP contribution in [0.2, 0.25) is 5.02 Å². The van der Waals surface area contributed by atoms with E-state index in [1.807, 2.05) is 0 Å². The minimum Gasteiger partial charge on any atom is -0.396 e. The highest BCUT2D eigenvalue weighted by Gasteiger charge is 2.09. The summed E-state index contributed by atoms with van der Waals surface area (Å²) >= 11 is 9.13. The van der Waals surface area contributed by atoms with E-state index >= 15 is 0 Å². The lowest BCUT2D eigenvalue weighted by Crippen LogP contribution is -2.04. The van der Waals surface area contributed by atoms with Crippen molar-refractivity contribution >= 4 is 33.2 Å². The van der Waals surface area contributed by atoms with Crippen LogP contribution in [0.15, 0.2) is 23.1 Å². The van der Waals surface area contributed by atoms with Crippen molar-refractivity contribution < 1.29 is 0 Å². The van der Waals surface area contributed by atoms with Gasteiger partial charge in [-0.3, -0.25) is 0 Å². The number of nitrogen functional groups attached to an aromatic ring is 1. The fraction of sp³-hybridized carbons (Fsp3) is 0. The second-order valence-electron chi connectivity index (χ2n) is 2.49. The molecular weight excluding hydrogens is 269 g/mol. The maximum absolute atomic E-state index is 5.93. The van der Waals surface area contributed by atoms with Crippen molar-refractivity contribution in [2.24, 2.45) is 0 Å². The van der Waals surface area contributed by atoms with Crippen molar-refractivity contribution in [3.8, 4) is 5.82 Å². The van der Waals surface area contributed by atoms with E-state index < -0.39 is 0 Å². The molecule has 14 heavy (non-hydrogen) atoms. The molecule has 0 unspecified atom stereocenters. The Labute approximate surface area is 93.0 Å². The summed E-state index contributed by atoms with van der Waals surface area (Å²) in [6.07, 6.45) is 3.09. The van der Waals surface area contributed by atoms with Crippen molar-refractivity contribution in [2.75, 3.05) is 5.73 Å². The summed E-state index contributed by atoms with van der Waals surface area (Å²) in [6, 6.07) is 1.59. The maximum atomic E-state index is 5.93. The predicted octanol–water partition coefficient (Wildman–Crippen LogP) is 1.66. The average molecular weight is 275 g/mol. The quantitative estimate of drug-likeness (QED) is 0.803. The smallest absolute Gasteiger partial charge is 0.194 e. The molecule has 7 heteroatoms. The molecule has 2 aromatic rings. The van der Waals surface area contributed by atoms with E-state index in [1.54, 1.807) is 18.5 Å². The molecule has 0 saturated carbocycles. The number of nitrogens with two attached hydrogens (primary N) is 1. The summed E-state index contributed by atoms with van der Waals surface area (Å²) in [4.78, 5) is 5.44. The van der Waals surface area contributed by atoms with E-state index in [0.29, 0.717) is 21.1 Å². The van der Waals surface area contributed by atoms with E-state index in [0.717, 1.165) is 0 Å². The van der Waals surface area contributed by atoms with Crippen LogP contribution in [-0.4, -0.2) is 20.0 Å². The van der Waals surface area contributed by atoms with E-state index in [2.05, 4.69) is 31.1 Å². The number of hydrogen-bond donors (Lipinski definition) is 1. The first-order valence-corrected chi connectivity index (χ1v) is 4.84. The van der Waals surface area contributed by atoms with Gasteiger partial charge in [-0.2, -0.15) is 10.2 Å². The first-order valence-electron chi connectivity index (χ1n) is 3.66. The van der Waals surface area contributed by atoms with E-state index in [9.17, 15) is 0 Å². The van der Waals surface area contributed by atoms with Gasteiger partial charge in [0.25, 0.3) is 0 Å². The molecule has 2 aromatic heterocycles.